The van der Waals surface area contributed by atoms with Gasteiger partial charge in [-0.15, -0.1) is 0 Å². The number of piperidine rings is 1. The summed E-state index contributed by atoms with van der Waals surface area (Å²) in [5, 5.41) is 1.71. The highest BCUT2D eigenvalue weighted by molar-refractivity contribution is 8.16. The molecule has 0 aliphatic carbocycles. The molecular formula is C88H140ClN17O9S5. The lowest BCUT2D eigenvalue weighted by Gasteiger charge is -2.38. The predicted molar refractivity (Wildman–Crippen MR) is 507 cm³/mol. The van der Waals surface area contributed by atoms with Crippen LogP contribution in [0.15, 0.2) is 78.6 Å². The molecule has 0 bridgehead atoms. The molecule has 3 aromatic heterocycles. The largest absolute Gasteiger partial charge is 0.462 e. The molecule has 26 nitrogen and oxygen atoms in total. The number of fused-ring (bicyclic) bond motifs is 3. The third kappa shape index (κ3) is 25.8. The van der Waals surface area contributed by atoms with Gasteiger partial charge in [-0.05, 0) is 232 Å². The van der Waals surface area contributed by atoms with Crippen molar-refractivity contribution in [1.29, 1.82) is 0 Å². The standard InChI is InChI=1S/C30H44N6O3.C27H38N6O3S.C26H37N5O.C2H3ClO2S.3CH4.3H2S/c1-21-9-7-11-26(22(21)2)36-14-12-24-25(19-36)31-28(38-20-23-10-8-13-33(23)6)32-27(24)34-15-17-35(18-16-34)29(37)39-30(3,4)5;1-5-37(34,35)33-16-14-31(15-17-33)26-23-11-13-32(25-10-6-8-20(2)21(25)3)18-24(23)28-27(29-26)36-19-22-9-7-12-30(22)4;1-19-9-7-11-24(20(19)2)31-16-12-22-23(17-31)27-26(32-18-21-10-8-13-29(21)3)28-25(22)30-14-5-4-6-15-30;1-2-6(3,4)5;;;;;;/h7,9,11,23H,8,10,12-20H2,1-6H3;5-6,8,10,22H,1,7,9,11-19H2,2-4H3;7,9,11,21H,4-6,8,10,12-18H2,1-3H3;2H,1H2;3*1H4;3*1H2/t23-;22-;21-;;;;;;;/m000......./s1. The topological polar surface area (TPSA) is 235 Å². The molecule has 32 heteroatoms. The van der Waals surface area contributed by atoms with Gasteiger partial charge in [0.15, 0.2) is 0 Å². The van der Waals surface area contributed by atoms with Crippen LogP contribution in [-0.4, -0.2) is 246 Å². The Morgan fingerprint density at radius 2 is 0.758 bits per heavy atom. The summed E-state index contributed by atoms with van der Waals surface area (Å²) in [6.45, 7) is 42.2. The maximum atomic E-state index is 12.6. The number of likely N-dealkylation sites (N-methyl/N-ethyl adjacent to an activating group) is 3. The van der Waals surface area contributed by atoms with Gasteiger partial charge in [0.2, 0.25) is 10.0 Å². The molecule has 3 atom stereocenters. The Hall–Kier alpha value is -7.07. The zero-order valence-electron chi connectivity index (χ0n) is 71.0. The number of piperazine rings is 2. The van der Waals surface area contributed by atoms with Crippen molar-refractivity contribution >= 4 is 111 Å². The van der Waals surface area contributed by atoms with Gasteiger partial charge >= 0.3 is 24.1 Å². The van der Waals surface area contributed by atoms with Gasteiger partial charge in [-0.2, -0.15) is 74.7 Å². The van der Waals surface area contributed by atoms with Gasteiger partial charge < -0.3 is 67.9 Å². The fraction of sp³-hybridized carbons (Fsp3) is 0.602. The molecule has 0 N–H and O–H groups in total. The van der Waals surface area contributed by atoms with E-state index in [1.165, 1.54) is 111 Å². The Balaban J connectivity index is 0.000000264. The van der Waals surface area contributed by atoms with Gasteiger partial charge in [0.25, 0.3) is 9.05 Å². The van der Waals surface area contributed by atoms with Crippen molar-refractivity contribution in [2.24, 2.45) is 0 Å². The Labute approximate surface area is 744 Å². The molecule has 668 valence electrons. The zero-order valence-corrected chi connectivity index (χ0v) is 76.4. The number of aryl methyl sites for hydroxylation is 3. The molecule has 9 aliphatic heterocycles. The first-order valence-corrected chi connectivity index (χ1v) is 44.9. The van der Waals surface area contributed by atoms with E-state index >= 15 is 0 Å². The minimum Gasteiger partial charge on any atom is -0.462 e. The van der Waals surface area contributed by atoms with Crippen molar-refractivity contribution in [3.63, 3.8) is 0 Å². The normalized spacial score (nSPS) is 19.4. The smallest absolute Gasteiger partial charge is 0.410 e. The van der Waals surface area contributed by atoms with Crippen LogP contribution in [0.3, 0.4) is 0 Å². The molecule has 1 amide bonds. The van der Waals surface area contributed by atoms with Crippen molar-refractivity contribution in [1.82, 2.24) is 53.8 Å². The van der Waals surface area contributed by atoms with Gasteiger partial charge in [-0.25, -0.2) is 21.6 Å². The number of hydrogen-bond donors (Lipinski definition) is 0. The third-order valence-corrected chi connectivity index (χ3v) is 26.5. The van der Waals surface area contributed by atoms with Crippen LogP contribution >= 0.6 is 51.2 Å². The first-order valence-electron chi connectivity index (χ1n) is 41.1. The average Bonchev–Trinajstić information content (AvgIpc) is 1.07. The number of rotatable bonds is 18. The summed E-state index contributed by atoms with van der Waals surface area (Å²) in [5.74, 6) is 2.97. The minimum atomic E-state index is -3.43. The van der Waals surface area contributed by atoms with E-state index in [1.807, 2.05) is 20.8 Å². The van der Waals surface area contributed by atoms with E-state index in [-0.39, 0.29) is 68.9 Å². The monoisotopic (exact) mass is 1770 g/mol. The van der Waals surface area contributed by atoms with Crippen LogP contribution in [0.25, 0.3) is 0 Å². The Morgan fingerprint density at radius 3 is 1.05 bits per heavy atom. The van der Waals surface area contributed by atoms with Crippen molar-refractivity contribution in [3.8, 4) is 18.0 Å². The van der Waals surface area contributed by atoms with Crippen LogP contribution < -0.4 is 43.6 Å². The number of carbonyl (C=O) groups is 1. The molecule has 120 heavy (non-hydrogen) atoms. The number of halogens is 1. The highest BCUT2D eigenvalue weighted by Gasteiger charge is 2.36. The molecule has 0 radical (unpaired) electrons. The number of aromatic nitrogens is 6. The van der Waals surface area contributed by atoms with Gasteiger partial charge in [0.1, 0.15) is 42.9 Å². The van der Waals surface area contributed by atoms with Crippen LogP contribution in [0.5, 0.6) is 18.0 Å². The molecule has 9 aliphatic rings. The first kappa shape index (κ1) is 102. The van der Waals surface area contributed by atoms with Crippen LogP contribution in [-0.2, 0) is 62.7 Å². The molecule has 0 spiro atoms. The lowest BCUT2D eigenvalue weighted by molar-refractivity contribution is 0.0240. The zero-order chi connectivity index (χ0) is 81.2. The molecule has 6 saturated heterocycles. The average molecular weight is 1780 g/mol. The van der Waals surface area contributed by atoms with E-state index in [1.54, 1.807) is 4.90 Å². The fourth-order valence-electron chi connectivity index (χ4n) is 16.9. The second-order valence-electron chi connectivity index (χ2n) is 32.9. The van der Waals surface area contributed by atoms with Gasteiger partial charge in [0, 0.05) is 158 Å². The lowest BCUT2D eigenvalue weighted by Crippen LogP contribution is -2.50. The Bertz CT molecular complexity index is 4590. The van der Waals surface area contributed by atoms with Crippen molar-refractivity contribution < 1.29 is 40.6 Å². The highest BCUT2D eigenvalue weighted by atomic mass is 35.7. The third-order valence-electron chi connectivity index (χ3n) is 24.2. The van der Waals surface area contributed by atoms with Crippen LogP contribution in [0.4, 0.5) is 39.3 Å². The summed E-state index contributed by atoms with van der Waals surface area (Å²) in [6, 6.07) is 22.2. The van der Waals surface area contributed by atoms with Crippen LogP contribution in [0.2, 0.25) is 0 Å². The maximum absolute atomic E-state index is 12.6. The minimum absolute atomic E-state index is 0. The molecule has 6 aromatic rings. The van der Waals surface area contributed by atoms with E-state index in [4.69, 9.17) is 48.9 Å². The van der Waals surface area contributed by atoms with E-state index in [0.717, 1.165) is 143 Å². The van der Waals surface area contributed by atoms with Crippen LogP contribution in [0, 0.1) is 41.5 Å². The summed E-state index contributed by atoms with van der Waals surface area (Å²) in [7, 11) is 4.21. The number of carbonyl (C=O) groups excluding carboxylic acids is 1. The number of nitrogens with zero attached hydrogens (tertiary/aromatic N) is 17. The molecule has 15 rings (SSSR count). The van der Waals surface area contributed by atoms with Crippen LogP contribution in [0.1, 0.15) is 168 Å². The summed E-state index contributed by atoms with van der Waals surface area (Å²) < 4.78 is 69.6. The number of likely N-dealkylation sites (tertiary alicyclic amines) is 3. The lowest BCUT2D eigenvalue weighted by atomic mass is 10.0. The number of amides is 1. The molecular weight excluding hydrogens is 1630 g/mol. The van der Waals surface area contributed by atoms with E-state index in [2.05, 4.69) is 185 Å². The summed E-state index contributed by atoms with van der Waals surface area (Å²) in [6.07, 6.45) is 13.3. The summed E-state index contributed by atoms with van der Waals surface area (Å²) in [4.78, 5) is 65.5. The summed E-state index contributed by atoms with van der Waals surface area (Å²) >= 11 is 0. The van der Waals surface area contributed by atoms with Crippen molar-refractivity contribution in [2.75, 3.05) is 175 Å². The van der Waals surface area contributed by atoms with Gasteiger partial charge in [0.05, 0.1) is 36.7 Å². The number of hydrogen-bond acceptors (Lipinski definition) is 24. The number of sulfonamides is 1. The molecule has 12 heterocycles. The maximum Gasteiger partial charge on any atom is 0.410 e. The van der Waals surface area contributed by atoms with Gasteiger partial charge in [-0.3, -0.25) is 0 Å². The molecule has 6 fully saturated rings. The number of ether oxygens (including phenoxy) is 4. The molecule has 3 aromatic carbocycles. The second-order valence-corrected chi connectivity index (χ2v) is 37.4. The van der Waals surface area contributed by atoms with E-state index < -0.39 is 24.7 Å². The van der Waals surface area contributed by atoms with E-state index in [0.29, 0.717) is 120 Å². The van der Waals surface area contributed by atoms with Gasteiger partial charge in [-0.1, -0.05) is 71.8 Å². The first-order chi connectivity index (χ1) is 54.5. The Kier molecular flexibility index (Phi) is 38.6. The van der Waals surface area contributed by atoms with Crippen molar-refractivity contribution in [2.45, 2.75) is 205 Å². The molecule has 0 unspecified atom stereocenters. The SMILES string of the molecule is C.C.C.C=CS(=O)(=O)Cl.C=CS(=O)(=O)N1CCN(c2nc(OC[C@@H]3CCCN3C)nc3c2CCN(c2cccc(C)c2C)C3)CC1.Cc1cccc(N2CCc3c(nc(OC[C@@H]4CCCN4C)nc3N3CCCCC3)C2)c1C.Cc1cccc(N2CCc3c(nc(OC[C@@H]4CCCN4C)nc3N3CCN(C(=O)OC(C)(C)C)CC3)C2)c1C.S.S.S. The number of benzene rings is 3. The second kappa shape index (κ2) is 45.5. The fourth-order valence-corrected chi connectivity index (χ4v) is 17.8. The quantitative estimate of drug-likeness (QED) is 0.0727. The summed E-state index contributed by atoms with van der Waals surface area (Å²) in [5.41, 5.74) is 18.1. The Morgan fingerprint density at radius 1 is 0.442 bits per heavy atom. The molecule has 0 saturated carbocycles. The van der Waals surface area contributed by atoms with Crippen molar-refractivity contribution in [3.05, 3.63) is 146 Å². The number of anilines is 6. The predicted octanol–water partition coefficient (Wildman–Crippen LogP) is 14.0. The highest BCUT2D eigenvalue weighted by Crippen LogP contribution is 2.39. The van der Waals surface area contributed by atoms with E-state index in [9.17, 15) is 21.6 Å².